The summed E-state index contributed by atoms with van der Waals surface area (Å²) in [7, 11) is -0.638. The Morgan fingerprint density at radius 3 is 2.72 bits per heavy atom. The first-order chi connectivity index (χ1) is 13.7. The van der Waals surface area contributed by atoms with E-state index in [0.717, 1.165) is 34.5 Å². The van der Waals surface area contributed by atoms with Gasteiger partial charge in [0.15, 0.2) is 0 Å². The summed E-state index contributed by atoms with van der Waals surface area (Å²) in [4.78, 5) is 15.0. The van der Waals surface area contributed by atoms with Gasteiger partial charge in [0.1, 0.15) is 0 Å². The molecule has 1 atom stereocenters. The zero-order valence-corrected chi connectivity index (χ0v) is 18.4. The minimum Gasteiger partial charge on any atom is -0.371 e. The number of rotatable bonds is 6. The topological polar surface area (TPSA) is 69.7 Å². The summed E-state index contributed by atoms with van der Waals surface area (Å²) in [6.45, 7) is 4.37. The molecule has 0 aromatic heterocycles. The lowest BCUT2D eigenvalue weighted by molar-refractivity contribution is 0.0948. The molecule has 1 saturated heterocycles. The summed E-state index contributed by atoms with van der Waals surface area (Å²) in [5.41, 5.74) is 2.65. The molecule has 1 aliphatic rings. The number of nitrogens with one attached hydrogen (secondary N) is 1. The molecule has 6 nitrogen and oxygen atoms in total. The summed E-state index contributed by atoms with van der Waals surface area (Å²) in [5, 5.41) is 3.66. The molecule has 1 fully saturated rings. The maximum Gasteiger partial charge on any atom is 0.251 e. The number of hydrogen-bond acceptors (Lipinski definition) is 4. The first-order valence-electron chi connectivity index (χ1n) is 9.50. The number of anilines is 1. The number of carbonyl (C=O) groups excluding carboxylic acids is 1. The molecule has 0 spiro atoms. The molecular formula is C21H26ClN3O3S. The van der Waals surface area contributed by atoms with Gasteiger partial charge in [0.25, 0.3) is 5.91 Å². The third-order valence-electron chi connectivity index (χ3n) is 5.22. The van der Waals surface area contributed by atoms with Gasteiger partial charge in [-0.1, -0.05) is 23.7 Å². The van der Waals surface area contributed by atoms with Crippen LogP contribution in [0, 0.1) is 12.8 Å². The van der Waals surface area contributed by atoms with Crippen molar-refractivity contribution in [2.45, 2.75) is 18.2 Å². The van der Waals surface area contributed by atoms with Gasteiger partial charge >= 0.3 is 0 Å². The van der Waals surface area contributed by atoms with E-state index in [1.807, 2.05) is 18.2 Å². The fourth-order valence-electron chi connectivity index (χ4n) is 3.49. The Morgan fingerprint density at radius 2 is 2.00 bits per heavy atom. The first kappa shape index (κ1) is 21.6. The molecule has 29 heavy (non-hydrogen) atoms. The van der Waals surface area contributed by atoms with Crippen LogP contribution in [0.2, 0.25) is 5.02 Å². The van der Waals surface area contributed by atoms with Gasteiger partial charge in [0.05, 0.1) is 4.90 Å². The van der Waals surface area contributed by atoms with E-state index in [0.29, 0.717) is 18.0 Å². The molecule has 1 amide bonds. The highest BCUT2D eigenvalue weighted by molar-refractivity contribution is 7.89. The van der Waals surface area contributed by atoms with Crippen molar-refractivity contribution in [3.8, 4) is 0 Å². The third-order valence-corrected chi connectivity index (χ3v) is 7.27. The summed E-state index contributed by atoms with van der Waals surface area (Å²) >= 11 is 6.14. The van der Waals surface area contributed by atoms with Crippen molar-refractivity contribution in [3.63, 3.8) is 0 Å². The van der Waals surface area contributed by atoms with Gasteiger partial charge in [0.2, 0.25) is 10.0 Å². The number of hydrogen-bond donors (Lipinski definition) is 1. The first-order valence-corrected chi connectivity index (χ1v) is 11.3. The predicted molar refractivity (Wildman–Crippen MR) is 116 cm³/mol. The van der Waals surface area contributed by atoms with Gasteiger partial charge in [-0.15, -0.1) is 0 Å². The largest absolute Gasteiger partial charge is 0.371 e. The lowest BCUT2D eigenvalue weighted by Crippen LogP contribution is -2.31. The van der Waals surface area contributed by atoms with E-state index < -0.39 is 10.0 Å². The summed E-state index contributed by atoms with van der Waals surface area (Å²) in [6.07, 6.45) is 0.973. The lowest BCUT2D eigenvalue weighted by Gasteiger charge is -2.21. The molecule has 0 saturated carbocycles. The molecule has 2 aromatic carbocycles. The highest BCUT2D eigenvalue weighted by Gasteiger charge is 2.25. The highest BCUT2D eigenvalue weighted by atomic mass is 35.5. The fourth-order valence-corrected chi connectivity index (χ4v) is 4.60. The highest BCUT2D eigenvalue weighted by Crippen LogP contribution is 2.29. The molecular weight excluding hydrogens is 410 g/mol. The monoisotopic (exact) mass is 435 g/mol. The summed E-state index contributed by atoms with van der Waals surface area (Å²) in [5.74, 6) is 0.0595. The second-order valence-electron chi connectivity index (χ2n) is 7.56. The van der Waals surface area contributed by atoms with Crippen molar-refractivity contribution >= 4 is 33.2 Å². The number of benzene rings is 2. The Morgan fingerprint density at radius 1 is 1.24 bits per heavy atom. The predicted octanol–water partition coefficient (Wildman–Crippen LogP) is 3.16. The van der Waals surface area contributed by atoms with E-state index in [-0.39, 0.29) is 10.8 Å². The maximum atomic E-state index is 12.6. The third kappa shape index (κ3) is 4.91. The maximum absolute atomic E-state index is 12.6. The smallest absolute Gasteiger partial charge is 0.251 e. The molecule has 0 bridgehead atoms. The molecule has 1 aliphatic heterocycles. The van der Waals surface area contributed by atoms with Gasteiger partial charge in [-0.25, -0.2) is 12.7 Å². The van der Waals surface area contributed by atoms with Crippen LogP contribution < -0.4 is 10.2 Å². The van der Waals surface area contributed by atoms with E-state index in [1.54, 1.807) is 12.1 Å². The number of nitrogens with zero attached hydrogens (tertiary/aromatic N) is 2. The van der Waals surface area contributed by atoms with Gasteiger partial charge < -0.3 is 10.2 Å². The standard InChI is InChI=1S/C21H26ClN3O3S/c1-15-7-8-18(22)12-20(15)25-10-9-16(14-25)13-23-21(26)17-5-4-6-19(11-17)29(27,28)24(2)3/h4-8,11-12,16H,9-10,13-14H2,1-3H3,(H,23,26). The van der Waals surface area contributed by atoms with Crippen LogP contribution in [0.1, 0.15) is 22.3 Å². The molecule has 1 heterocycles. The molecule has 0 radical (unpaired) electrons. The summed E-state index contributed by atoms with van der Waals surface area (Å²) in [6, 6.07) is 12.0. The van der Waals surface area contributed by atoms with Gasteiger partial charge in [-0.3, -0.25) is 4.79 Å². The van der Waals surface area contributed by atoms with Crippen LogP contribution in [0.15, 0.2) is 47.4 Å². The van der Waals surface area contributed by atoms with Crippen LogP contribution in [-0.2, 0) is 10.0 Å². The molecule has 1 unspecified atom stereocenters. The minimum atomic E-state index is -3.57. The van der Waals surface area contributed by atoms with E-state index >= 15 is 0 Å². The molecule has 156 valence electrons. The minimum absolute atomic E-state index is 0.110. The van der Waals surface area contributed by atoms with E-state index in [1.165, 1.54) is 31.8 Å². The second kappa shape index (κ2) is 8.73. The van der Waals surface area contributed by atoms with Crippen molar-refractivity contribution in [2.75, 3.05) is 38.6 Å². The number of amides is 1. The van der Waals surface area contributed by atoms with Crippen molar-refractivity contribution < 1.29 is 13.2 Å². The van der Waals surface area contributed by atoms with Gasteiger partial charge in [-0.2, -0.15) is 0 Å². The molecule has 2 aromatic rings. The average Bonchev–Trinajstić information content (AvgIpc) is 3.16. The van der Waals surface area contributed by atoms with Crippen molar-refractivity contribution in [2.24, 2.45) is 5.92 Å². The van der Waals surface area contributed by atoms with Crippen LogP contribution in [0.5, 0.6) is 0 Å². The quantitative estimate of drug-likeness (QED) is 0.756. The van der Waals surface area contributed by atoms with Crippen molar-refractivity contribution in [1.82, 2.24) is 9.62 Å². The molecule has 3 rings (SSSR count). The van der Waals surface area contributed by atoms with E-state index in [4.69, 9.17) is 11.6 Å². The summed E-state index contributed by atoms with van der Waals surface area (Å²) < 4.78 is 25.7. The van der Waals surface area contributed by atoms with Crippen molar-refractivity contribution in [1.29, 1.82) is 0 Å². The molecule has 1 N–H and O–H groups in total. The van der Waals surface area contributed by atoms with Crippen LogP contribution in [0.25, 0.3) is 0 Å². The SMILES string of the molecule is Cc1ccc(Cl)cc1N1CCC(CNC(=O)c2cccc(S(=O)(=O)N(C)C)c2)C1. The van der Waals surface area contributed by atoms with Gasteiger partial charge in [-0.05, 0) is 55.2 Å². The molecule has 8 heteroatoms. The number of sulfonamides is 1. The fraction of sp³-hybridized carbons (Fsp3) is 0.381. The second-order valence-corrected chi connectivity index (χ2v) is 10.1. The van der Waals surface area contributed by atoms with Crippen LogP contribution in [0.4, 0.5) is 5.69 Å². The van der Waals surface area contributed by atoms with E-state index in [2.05, 4.69) is 17.1 Å². The Kier molecular flexibility index (Phi) is 6.51. The Balaban J connectivity index is 1.61. The number of carbonyl (C=O) groups is 1. The zero-order chi connectivity index (χ0) is 21.2. The molecule has 0 aliphatic carbocycles. The van der Waals surface area contributed by atoms with Crippen molar-refractivity contribution in [3.05, 3.63) is 58.6 Å². The van der Waals surface area contributed by atoms with E-state index in [9.17, 15) is 13.2 Å². The number of aryl methyl sites for hydroxylation is 1. The Bertz CT molecular complexity index is 1010. The zero-order valence-electron chi connectivity index (χ0n) is 16.9. The Hall–Kier alpha value is -2.09. The Labute approximate surface area is 177 Å². The normalized spacial score (nSPS) is 17.0. The van der Waals surface area contributed by atoms with Crippen LogP contribution in [0.3, 0.4) is 0 Å². The number of halogens is 1. The van der Waals surface area contributed by atoms with Crippen LogP contribution >= 0.6 is 11.6 Å². The van der Waals surface area contributed by atoms with Crippen LogP contribution in [-0.4, -0.2) is 52.4 Å². The lowest BCUT2D eigenvalue weighted by atomic mass is 10.1. The van der Waals surface area contributed by atoms with Gasteiger partial charge in [0, 0.05) is 50.0 Å². The average molecular weight is 436 g/mol.